The molecule has 169 valence electrons. The minimum atomic E-state index is -4.80. The lowest BCUT2D eigenvalue weighted by Crippen LogP contribution is -2.50. The highest BCUT2D eigenvalue weighted by Crippen LogP contribution is 2.33. The van der Waals surface area contributed by atoms with Crippen molar-refractivity contribution in [1.29, 1.82) is 5.26 Å². The van der Waals surface area contributed by atoms with Crippen molar-refractivity contribution in [2.24, 2.45) is 4.99 Å². The van der Waals surface area contributed by atoms with Crippen molar-refractivity contribution < 1.29 is 29.6 Å². The molecule has 0 saturated carbocycles. The highest BCUT2D eigenvalue weighted by molar-refractivity contribution is 7.90. The number of nitrogens with zero attached hydrogens (tertiary/aromatic N) is 3. The van der Waals surface area contributed by atoms with Crippen LogP contribution < -0.4 is 16.0 Å². The van der Waals surface area contributed by atoms with Gasteiger partial charge in [0.25, 0.3) is 10.0 Å². The summed E-state index contributed by atoms with van der Waals surface area (Å²) in [7, 11) is -4.80. The van der Waals surface area contributed by atoms with Gasteiger partial charge in [-0.2, -0.15) is 5.26 Å². The molecule has 0 spiro atoms. The molecule has 3 amide bonds. The third-order valence-corrected chi connectivity index (χ3v) is 5.82. The number of carbonyl (C=O) groups is 2. The van der Waals surface area contributed by atoms with Gasteiger partial charge >= 0.3 is 6.03 Å². The highest BCUT2D eigenvalue weighted by atomic mass is 32.2. The molecule has 2 aliphatic heterocycles. The summed E-state index contributed by atoms with van der Waals surface area (Å²) in [4.78, 5) is 27.2. The second-order valence-corrected chi connectivity index (χ2v) is 7.72. The number of hydrogen-bond donors (Lipinski definition) is 3. The molecule has 0 aliphatic carbocycles. The van der Waals surface area contributed by atoms with E-state index < -0.39 is 50.7 Å². The zero-order chi connectivity index (χ0) is 23.3. The Kier molecular flexibility index (Phi) is 7.29. The summed E-state index contributed by atoms with van der Waals surface area (Å²) in [6, 6.07) is 2.77. The first-order valence-corrected chi connectivity index (χ1v) is 10.5. The van der Waals surface area contributed by atoms with Crippen LogP contribution >= 0.6 is 0 Å². The van der Waals surface area contributed by atoms with Crippen molar-refractivity contribution in [3.05, 3.63) is 41.7 Å². The first kappa shape index (κ1) is 23.7. The summed E-state index contributed by atoms with van der Waals surface area (Å²) in [6.07, 6.45) is 1.37. The van der Waals surface area contributed by atoms with E-state index in [2.05, 4.69) is 20.9 Å². The Labute approximate surface area is 180 Å². The van der Waals surface area contributed by atoms with Crippen molar-refractivity contribution in [1.82, 2.24) is 14.9 Å². The van der Waals surface area contributed by atoms with Gasteiger partial charge in [0, 0.05) is 9.05 Å². The Morgan fingerprint density at radius 3 is 2.68 bits per heavy atom. The van der Waals surface area contributed by atoms with Gasteiger partial charge in [0.1, 0.15) is 23.6 Å². The van der Waals surface area contributed by atoms with Crippen molar-refractivity contribution >= 4 is 33.4 Å². The summed E-state index contributed by atoms with van der Waals surface area (Å²) < 4.78 is 52.7. The van der Waals surface area contributed by atoms with Gasteiger partial charge in [0.05, 0.1) is 17.9 Å². The van der Waals surface area contributed by atoms with E-state index in [0.717, 1.165) is 6.07 Å². The summed E-state index contributed by atoms with van der Waals surface area (Å²) in [5, 5.41) is 16.1. The first-order chi connectivity index (χ1) is 14.6. The van der Waals surface area contributed by atoms with E-state index in [1.807, 2.05) is 19.9 Å². The van der Waals surface area contributed by atoms with Gasteiger partial charge in [-0.15, -0.1) is 0 Å². The SMILES string of the molecule is CC.C[C]1NC=C(C#N)N=C1CNC(=O)CN1C(=O)Nc2ccc(F)c(F)c2S1(=O)=O.[HH].[HH]. The number of hydrogen-bond acceptors (Lipinski definition) is 7. The first-order valence-electron chi connectivity index (χ1n) is 9.02. The molecular weight excluding hydrogens is 434 g/mol. The topological polar surface area (TPSA) is 144 Å². The summed E-state index contributed by atoms with van der Waals surface area (Å²) in [5.41, 5.74) is -0.0250. The van der Waals surface area contributed by atoms with Gasteiger partial charge in [0.15, 0.2) is 17.3 Å². The predicted molar refractivity (Wildman–Crippen MR) is 111 cm³/mol. The van der Waals surface area contributed by atoms with Gasteiger partial charge < -0.3 is 16.0 Å². The van der Waals surface area contributed by atoms with E-state index in [9.17, 15) is 26.8 Å². The molecule has 0 fully saturated rings. The molecule has 3 rings (SSSR count). The van der Waals surface area contributed by atoms with Gasteiger partial charge in [-0.3, -0.25) is 4.79 Å². The molecule has 13 heteroatoms. The average Bonchev–Trinajstić information content (AvgIpc) is 2.74. The molecule has 31 heavy (non-hydrogen) atoms. The van der Waals surface area contributed by atoms with Crippen molar-refractivity contribution in [2.75, 3.05) is 18.4 Å². The fourth-order valence-corrected chi connectivity index (χ4v) is 4.05. The number of fused-ring (bicyclic) bond motifs is 1. The average molecular weight is 457 g/mol. The Balaban J connectivity index is 0.00000249. The van der Waals surface area contributed by atoms with E-state index >= 15 is 0 Å². The van der Waals surface area contributed by atoms with Crippen LogP contribution in [0.3, 0.4) is 0 Å². The van der Waals surface area contributed by atoms with Crippen LogP contribution in [0.2, 0.25) is 0 Å². The maximum absolute atomic E-state index is 14.0. The molecule has 0 aromatic heterocycles. The lowest BCUT2D eigenvalue weighted by Gasteiger charge is -2.28. The number of anilines is 1. The number of urea groups is 1. The number of sulfonamides is 1. The number of amides is 3. The van der Waals surface area contributed by atoms with E-state index in [4.69, 9.17) is 5.26 Å². The Morgan fingerprint density at radius 1 is 1.35 bits per heavy atom. The Hall–Kier alpha value is -3.53. The van der Waals surface area contributed by atoms with Crippen LogP contribution in [0, 0.1) is 29.0 Å². The number of aliphatic imine (C=N–C) groups is 1. The van der Waals surface area contributed by atoms with E-state index in [-0.39, 0.29) is 19.4 Å². The van der Waals surface area contributed by atoms with Crippen LogP contribution in [-0.2, 0) is 14.8 Å². The molecular formula is C18H23F2N6O4S. The normalized spacial score (nSPS) is 16.9. The lowest BCUT2D eigenvalue weighted by molar-refractivity contribution is -0.120. The maximum atomic E-state index is 14.0. The fourth-order valence-electron chi connectivity index (χ4n) is 2.56. The zero-order valence-corrected chi connectivity index (χ0v) is 17.6. The third kappa shape index (κ3) is 4.80. The molecule has 3 N–H and O–H groups in total. The van der Waals surface area contributed by atoms with Gasteiger partial charge in [-0.1, -0.05) is 13.8 Å². The predicted octanol–water partition coefficient (Wildman–Crippen LogP) is 2.10. The number of carbonyl (C=O) groups excluding carboxylic acids is 2. The maximum Gasteiger partial charge on any atom is 0.336 e. The minimum absolute atomic E-state index is 0. The molecule has 0 unspecified atom stereocenters. The summed E-state index contributed by atoms with van der Waals surface area (Å²) in [6.45, 7) is 4.52. The molecule has 0 atom stereocenters. The standard InChI is InChI=1S/C16H13F2N6O4S.C2H6.2H2/c1-8-12(22-9(4-19)5-20-8)6-21-13(25)7-24-16(26)23-11-3-2-10(17)14(18)15(11)29(24,27)28;1-2;;/h2-3,5,20H,6-7H2,1H3,(H,21,25)(H,23,26);1-2H3;2*1H. The molecule has 0 bridgehead atoms. The van der Waals surface area contributed by atoms with Crippen LogP contribution in [-0.4, -0.2) is 43.5 Å². The molecule has 10 nitrogen and oxygen atoms in total. The number of rotatable bonds is 4. The number of allylic oxidation sites excluding steroid dienone is 1. The number of benzene rings is 1. The van der Waals surface area contributed by atoms with E-state index in [1.165, 1.54) is 6.20 Å². The molecule has 1 aromatic carbocycles. The van der Waals surface area contributed by atoms with Crippen molar-refractivity contribution in [2.45, 2.75) is 25.7 Å². The van der Waals surface area contributed by atoms with Gasteiger partial charge in [-0.05, 0) is 19.1 Å². The van der Waals surface area contributed by atoms with Crippen molar-refractivity contribution in [3.63, 3.8) is 0 Å². The molecule has 2 aliphatic rings. The highest BCUT2D eigenvalue weighted by Gasteiger charge is 2.41. The molecule has 1 radical (unpaired) electrons. The van der Waals surface area contributed by atoms with Gasteiger partial charge in [-0.25, -0.2) is 31.3 Å². The largest absolute Gasteiger partial charge is 0.376 e. The Morgan fingerprint density at radius 2 is 2.03 bits per heavy atom. The van der Waals surface area contributed by atoms with Crippen LogP contribution in [0.25, 0.3) is 0 Å². The minimum Gasteiger partial charge on any atom is -0.376 e. The zero-order valence-electron chi connectivity index (χ0n) is 16.8. The van der Waals surface area contributed by atoms with Crippen LogP contribution in [0.4, 0.5) is 19.3 Å². The van der Waals surface area contributed by atoms with Crippen molar-refractivity contribution in [3.8, 4) is 6.07 Å². The number of nitrogens with one attached hydrogen (secondary N) is 3. The smallest absolute Gasteiger partial charge is 0.336 e. The van der Waals surface area contributed by atoms with Gasteiger partial charge in [0.2, 0.25) is 5.91 Å². The number of halogens is 2. The fraction of sp³-hybridized carbons (Fsp3) is 0.278. The van der Waals surface area contributed by atoms with E-state index in [1.54, 1.807) is 6.92 Å². The third-order valence-electron chi connectivity index (χ3n) is 4.03. The lowest BCUT2D eigenvalue weighted by atomic mass is 10.1. The summed E-state index contributed by atoms with van der Waals surface area (Å²) >= 11 is 0. The second kappa shape index (κ2) is 9.52. The van der Waals surface area contributed by atoms with Crippen LogP contribution in [0.15, 0.2) is 33.9 Å². The molecule has 2 heterocycles. The second-order valence-electron chi connectivity index (χ2n) is 5.93. The van der Waals surface area contributed by atoms with Crippen LogP contribution in [0.1, 0.15) is 23.6 Å². The summed E-state index contributed by atoms with van der Waals surface area (Å²) in [5.74, 6) is -3.97. The number of nitriles is 1. The monoisotopic (exact) mass is 457 g/mol. The quantitative estimate of drug-likeness (QED) is 0.632. The van der Waals surface area contributed by atoms with E-state index in [0.29, 0.717) is 17.8 Å². The molecule has 1 aromatic rings. The molecule has 0 saturated heterocycles. The van der Waals surface area contributed by atoms with Crippen LogP contribution in [0.5, 0.6) is 0 Å². The Bertz CT molecular complexity index is 1120.